The summed E-state index contributed by atoms with van der Waals surface area (Å²) in [7, 11) is 0. The molecule has 1 rings (SSSR count). The van der Waals surface area contributed by atoms with Gasteiger partial charge in [-0.25, -0.2) is 4.79 Å². The van der Waals surface area contributed by atoms with Crippen molar-refractivity contribution in [1.82, 2.24) is 15.5 Å². The molecule has 0 aliphatic carbocycles. The van der Waals surface area contributed by atoms with Crippen molar-refractivity contribution in [2.45, 2.75) is 26.3 Å². The molecule has 1 amide bonds. The lowest BCUT2D eigenvalue weighted by Gasteiger charge is -2.20. The van der Waals surface area contributed by atoms with Crippen molar-refractivity contribution in [1.29, 1.82) is 0 Å². The van der Waals surface area contributed by atoms with Crippen LogP contribution in [0.1, 0.15) is 30.6 Å². The Kier molecular flexibility index (Phi) is 5.50. The second-order valence-electron chi connectivity index (χ2n) is 4.05. The summed E-state index contributed by atoms with van der Waals surface area (Å²) in [5.41, 5.74) is -0.00350. The first-order valence-electron chi connectivity index (χ1n) is 5.59. The fourth-order valence-corrected chi connectivity index (χ4v) is 1.74. The molecular formula is C11H13Cl2N3O3. The molecular weight excluding hydrogens is 293 g/mol. The van der Waals surface area contributed by atoms with Crippen LogP contribution in [0.3, 0.4) is 0 Å². The van der Waals surface area contributed by atoms with Crippen LogP contribution in [0.5, 0.6) is 0 Å². The van der Waals surface area contributed by atoms with Crippen molar-refractivity contribution in [2.24, 2.45) is 5.92 Å². The van der Waals surface area contributed by atoms with Crippen LogP contribution < -0.4 is 5.32 Å². The van der Waals surface area contributed by atoms with Crippen molar-refractivity contribution in [3.05, 3.63) is 21.9 Å². The largest absolute Gasteiger partial charge is 0.480 e. The first-order valence-corrected chi connectivity index (χ1v) is 6.34. The Labute approximate surface area is 120 Å². The number of aromatic nitrogens is 2. The van der Waals surface area contributed by atoms with Crippen LogP contribution in [-0.4, -0.2) is 33.2 Å². The predicted octanol–water partition coefficient (Wildman–Crippen LogP) is 2.01. The van der Waals surface area contributed by atoms with Gasteiger partial charge in [-0.3, -0.25) is 4.79 Å². The monoisotopic (exact) mass is 305 g/mol. The van der Waals surface area contributed by atoms with E-state index in [0.29, 0.717) is 6.42 Å². The van der Waals surface area contributed by atoms with E-state index in [1.165, 1.54) is 6.07 Å². The average molecular weight is 306 g/mol. The SMILES string of the molecule is CCC(C)[C@H](NC(=O)c1cc(Cl)nnc1Cl)C(=O)O. The van der Waals surface area contributed by atoms with Gasteiger partial charge < -0.3 is 10.4 Å². The third kappa shape index (κ3) is 4.04. The maximum atomic E-state index is 12.0. The fourth-order valence-electron chi connectivity index (χ4n) is 1.41. The van der Waals surface area contributed by atoms with E-state index in [4.69, 9.17) is 28.3 Å². The topological polar surface area (TPSA) is 92.2 Å². The highest BCUT2D eigenvalue weighted by Crippen LogP contribution is 2.16. The Hall–Kier alpha value is -1.40. The lowest BCUT2D eigenvalue weighted by molar-refractivity contribution is -0.140. The number of nitrogens with one attached hydrogen (secondary N) is 1. The van der Waals surface area contributed by atoms with Gasteiger partial charge in [0, 0.05) is 0 Å². The smallest absolute Gasteiger partial charge is 0.326 e. The minimum Gasteiger partial charge on any atom is -0.480 e. The second-order valence-corrected chi connectivity index (χ2v) is 4.79. The van der Waals surface area contributed by atoms with Gasteiger partial charge in [-0.2, -0.15) is 0 Å². The van der Waals surface area contributed by atoms with Crippen molar-refractivity contribution in [3.8, 4) is 0 Å². The molecule has 1 aromatic heterocycles. The highest BCUT2D eigenvalue weighted by atomic mass is 35.5. The number of amides is 1. The predicted molar refractivity (Wildman–Crippen MR) is 70.4 cm³/mol. The van der Waals surface area contributed by atoms with Gasteiger partial charge in [0.2, 0.25) is 0 Å². The molecule has 0 aromatic carbocycles. The van der Waals surface area contributed by atoms with Crippen LogP contribution in [0.2, 0.25) is 10.3 Å². The van der Waals surface area contributed by atoms with Crippen LogP contribution in [0.15, 0.2) is 6.07 Å². The number of halogens is 2. The maximum Gasteiger partial charge on any atom is 0.326 e. The number of carboxylic acid groups (broad SMARTS) is 1. The van der Waals surface area contributed by atoms with E-state index in [1.807, 2.05) is 6.92 Å². The molecule has 1 unspecified atom stereocenters. The quantitative estimate of drug-likeness (QED) is 0.868. The number of hydrogen-bond acceptors (Lipinski definition) is 4. The summed E-state index contributed by atoms with van der Waals surface area (Å²) in [5.74, 6) is -1.97. The number of carbonyl (C=O) groups excluding carboxylic acids is 1. The molecule has 0 saturated heterocycles. The van der Waals surface area contributed by atoms with Gasteiger partial charge in [-0.15, -0.1) is 10.2 Å². The molecule has 8 heteroatoms. The first-order chi connectivity index (χ1) is 8.86. The molecule has 0 aliphatic heterocycles. The molecule has 1 aromatic rings. The lowest BCUT2D eigenvalue weighted by atomic mass is 9.99. The highest BCUT2D eigenvalue weighted by molar-refractivity contribution is 6.34. The third-order valence-electron chi connectivity index (χ3n) is 2.73. The highest BCUT2D eigenvalue weighted by Gasteiger charge is 2.26. The third-order valence-corrected chi connectivity index (χ3v) is 3.19. The zero-order chi connectivity index (χ0) is 14.6. The summed E-state index contributed by atoms with van der Waals surface area (Å²) in [5, 5.41) is 18.3. The van der Waals surface area contributed by atoms with E-state index in [9.17, 15) is 9.59 Å². The Morgan fingerprint density at radius 1 is 1.42 bits per heavy atom. The summed E-state index contributed by atoms with van der Waals surface area (Å²) in [6.07, 6.45) is 0.611. The van der Waals surface area contributed by atoms with Gasteiger partial charge in [0.15, 0.2) is 10.3 Å². The van der Waals surface area contributed by atoms with Crippen molar-refractivity contribution >= 4 is 35.1 Å². The molecule has 0 radical (unpaired) electrons. The summed E-state index contributed by atoms with van der Waals surface area (Å²) in [4.78, 5) is 23.1. The molecule has 1 heterocycles. The zero-order valence-electron chi connectivity index (χ0n) is 10.4. The van der Waals surface area contributed by atoms with Gasteiger partial charge in [0.1, 0.15) is 6.04 Å². The summed E-state index contributed by atoms with van der Waals surface area (Å²) >= 11 is 11.3. The maximum absolute atomic E-state index is 12.0. The van der Waals surface area contributed by atoms with Crippen LogP contribution >= 0.6 is 23.2 Å². The summed E-state index contributed by atoms with van der Waals surface area (Å²) in [6, 6.07) is 0.238. The zero-order valence-corrected chi connectivity index (χ0v) is 11.9. The van der Waals surface area contributed by atoms with E-state index >= 15 is 0 Å². The van der Waals surface area contributed by atoms with E-state index < -0.39 is 17.9 Å². The van der Waals surface area contributed by atoms with Crippen LogP contribution in [0.4, 0.5) is 0 Å². The van der Waals surface area contributed by atoms with Gasteiger partial charge in [-0.05, 0) is 12.0 Å². The van der Waals surface area contributed by atoms with Crippen molar-refractivity contribution in [3.63, 3.8) is 0 Å². The average Bonchev–Trinajstić information content (AvgIpc) is 2.37. The molecule has 19 heavy (non-hydrogen) atoms. The Balaban J connectivity index is 2.94. The standard InChI is InChI=1S/C11H13Cl2N3O3/c1-3-5(2)8(11(18)19)14-10(17)6-4-7(12)15-16-9(6)13/h4-5,8H,3H2,1-2H3,(H,14,17)(H,18,19)/t5?,8-/m0/s1. The minimum atomic E-state index is -1.10. The van der Waals surface area contributed by atoms with E-state index in [0.717, 1.165) is 0 Å². The molecule has 2 atom stereocenters. The van der Waals surface area contributed by atoms with Gasteiger partial charge in [-0.1, -0.05) is 43.5 Å². The van der Waals surface area contributed by atoms with Gasteiger partial charge in [0.25, 0.3) is 5.91 Å². The summed E-state index contributed by atoms with van der Waals surface area (Å²) < 4.78 is 0. The van der Waals surface area contributed by atoms with Gasteiger partial charge >= 0.3 is 5.97 Å². The first kappa shape index (κ1) is 15.7. The van der Waals surface area contributed by atoms with Gasteiger partial charge in [0.05, 0.1) is 5.56 Å². The molecule has 0 spiro atoms. The number of carboxylic acids is 1. The minimum absolute atomic E-state index is 0.00350. The molecule has 104 valence electrons. The second kappa shape index (κ2) is 6.68. The Morgan fingerprint density at radius 3 is 2.58 bits per heavy atom. The van der Waals surface area contributed by atoms with Crippen LogP contribution in [0, 0.1) is 5.92 Å². The van der Waals surface area contributed by atoms with Crippen LogP contribution in [-0.2, 0) is 4.79 Å². The lowest BCUT2D eigenvalue weighted by Crippen LogP contribution is -2.45. The molecule has 2 N–H and O–H groups in total. The van der Waals surface area contributed by atoms with Crippen molar-refractivity contribution in [2.75, 3.05) is 0 Å². The van der Waals surface area contributed by atoms with E-state index in [1.54, 1.807) is 6.92 Å². The molecule has 0 saturated carbocycles. The number of carbonyl (C=O) groups is 2. The number of rotatable bonds is 5. The molecule has 6 nitrogen and oxygen atoms in total. The van der Waals surface area contributed by atoms with Crippen LogP contribution in [0.25, 0.3) is 0 Å². The molecule has 0 bridgehead atoms. The van der Waals surface area contributed by atoms with E-state index in [2.05, 4.69) is 15.5 Å². The van der Waals surface area contributed by atoms with E-state index in [-0.39, 0.29) is 21.8 Å². The summed E-state index contributed by atoms with van der Waals surface area (Å²) in [6.45, 7) is 3.57. The normalized spacial score (nSPS) is 13.7. The fraction of sp³-hybridized carbons (Fsp3) is 0.455. The molecule has 0 fully saturated rings. The Bertz CT molecular complexity index is 496. The number of nitrogens with zero attached hydrogens (tertiary/aromatic N) is 2. The molecule has 0 aliphatic rings. The number of hydrogen-bond donors (Lipinski definition) is 2. The van der Waals surface area contributed by atoms with Crippen molar-refractivity contribution < 1.29 is 14.7 Å². The Morgan fingerprint density at radius 2 is 2.05 bits per heavy atom. The number of aliphatic carboxylic acids is 1.